The molecule has 0 saturated heterocycles. The number of hydrogen-bond acceptors (Lipinski definition) is 10. The Morgan fingerprint density at radius 1 is 1.12 bits per heavy atom. The van der Waals surface area contributed by atoms with Gasteiger partial charge in [0, 0.05) is 24.3 Å². The van der Waals surface area contributed by atoms with Crippen molar-refractivity contribution in [3.8, 4) is 5.69 Å². The van der Waals surface area contributed by atoms with Crippen LogP contribution >= 0.6 is 0 Å². The number of hydrogen-bond donors (Lipinski definition) is 2. The molecule has 0 radical (unpaired) electrons. The quantitative estimate of drug-likeness (QED) is 0.276. The van der Waals surface area contributed by atoms with E-state index >= 15 is 0 Å². The van der Waals surface area contributed by atoms with E-state index in [1.165, 1.54) is 37.3 Å². The molecule has 3 N–H and O–H groups in total. The molecule has 1 heterocycles. The summed E-state index contributed by atoms with van der Waals surface area (Å²) in [5.41, 5.74) is 5.16. The van der Waals surface area contributed by atoms with Crippen LogP contribution in [0.15, 0.2) is 53.4 Å². The number of anilines is 2. The second-order valence-electron chi connectivity index (χ2n) is 6.37. The predicted octanol–water partition coefficient (Wildman–Crippen LogP) is 2.25. The molecule has 0 amide bonds. The number of aromatic nitrogens is 2. The fraction of sp³-hybridized carbons (Fsp3) is 0.111. The Bertz CT molecular complexity index is 1350. The largest absolute Gasteiger partial charge is 0.462 e. The van der Waals surface area contributed by atoms with E-state index in [-0.39, 0.29) is 23.8 Å². The van der Waals surface area contributed by atoms with E-state index in [0.29, 0.717) is 0 Å². The second-order valence-corrected chi connectivity index (χ2v) is 8.06. The zero-order valence-electron chi connectivity index (χ0n) is 16.9. The lowest BCUT2D eigenvalue weighted by molar-refractivity contribution is -0.385. The Morgan fingerprint density at radius 2 is 1.76 bits per heavy atom. The molecule has 0 atom stereocenters. The number of nitro benzene ring substituents is 2. The summed E-state index contributed by atoms with van der Waals surface area (Å²) in [5.74, 6) is -1.75. The first kappa shape index (κ1) is 23.1. The van der Waals surface area contributed by atoms with Crippen LogP contribution in [0.5, 0.6) is 0 Å². The van der Waals surface area contributed by atoms with E-state index in [4.69, 9.17) is 10.5 Å². The van der Waals surface area contributed by atoms with Gasteiger partial charge in [0.05, 0.1) is 27.0 Å². The molecule has 0 unspecified atom stereocenters. The number of carbonyl (C=O) groups is 1. The molecule has 2 aromatic carbocycles. The third-order valence-corrected chi connectivity index (χ3v) is 5.61. The molecular weight excluding hydrogens is 460 g/mol. The van der Waals surface area contributed by atoms with Crippen molar-refractivity contribution in [1.82, 2.24) is 9.78 Å². The van der Waals surface area contributed by atoms with E-state index in [1.54, 1.807) is 0 Å². The zero-order chi connectivity index (χ0) is 24.3. The third kappa shape index (κ3) is 4.72. The van der Waals surface area contributed by atoms with Crippen LogP contribution in [0.2, 0.25) is 0 Å². The van der Waals surface area contributed by atoms with Crippen molar-refractivity contribution in [2.75, 3.05) is 17.1 Å². The standard InChI is InChI=1S/C18H16N6O8S/c1-2-32-18(25)15-16(19)22(11-6-8-12(9-7-11)23(26)27)20-17(15)21-33(30,31)14-5-3-4-13(10-14)24(28)29/h3-10H,2,19H2,1H3,(H,20,21). The van der Waals surface area contributed by atoms with Crippen molar-refractivity contribution in [2.24, 2.45) is 0 Å². The molecule has 0 aliphatic heterocycles. The number of nitro groups is 2. The number of sulfonamides is 1. The van der Waals surface area contributed by atoms with Crippen LogP contribution in [0, 0.1) is 20.2 Å². The first-order chi connectivity index (χ1) is 15.5. The first-order valence-corrected chi connectivity index (χ1v) is 10.6. The fourth-order valence-corrected chi connectivity index (χ4v) is 3.82. The van der Waals surface area contributed by atoms with Crippen molar-refractivity contribution in [2.45, 2.75) is 11.8 Å². The summed E-state index contributed by atoms with van der Waals surface area (Å²) in [5, 5.41) is 25.9. The summed E-state index contributed by atoms with van der Waals surface area (Å²) in [6.07, 6.45) is 0. The van der Waals surface area contributed by atoms with Gasteiger partial charge in [-0.3, -0.25) is 25.0 Å². The number of rotatable bonds is 8. The fourth-order valence-electron chi connectivity index (χ4n) is 2.77. The third-order valence-electron chi connectivity index (χ3n) is 4.28. The van der Waals surface area contributed by atoms with Gasteiger partial charge in [0.2, 0.25) is 0 Å². The van der Waals surface area contributed by atoms with Gasteiger partial charge in [0.15, 0.2) is 5.82 Å². The molecule has 1 aromatic heterocycles. The van der Waals surface area contributed by atoms with Crippen LogP contribution in [-0.2, 0) is 14.8 Å². The van der Waals surface area contributed by atoms with Gasteiger partial charge in [-0.15, -0.1) is 5.10 Å². The van der Waals surface area contributed by atoms with Crippen molar-refractivity contribution < 1.29 is 27.8 Å². The molecule has 3 aromatic rings. The van der Waals surface area contributed by atoms with E-state index < -0.39 is 47.8 Å². The molecule has 3 rings (SSSR count). The average Bonchev–Trinajstić information content (AvgIpc) is 3.09. The van der Waals surface area contributed by atoms with Crippen molar-refractivity contribution in [3.05, 3.63) is 74.3 Å². The summed E-state index contributed by atoms with van der Waals surface area (Å²) in [7, 11) is -4.43. The number of esters is 1. The lowest BCUT2D eigenvalue weighted by Gasteiger charge is -2.07. The van der Waals surface area contributed by atoms with Crippen molar-refractivity contribution in [3.63, 3.8) is 0 Å². The van der Waals surface area contributed by atoms with Crippen LogP contribution in [0.4, 0.5) is 23.0 Å². The summed E-state index contributed by atoms with van der Waals surface area (Å²) in [4.78, 5) is 32.5. The smallest absolute Gasteiger partial charge is 0.345 e. The number of nitrogens with zero attached hydrogens (tertiary/aromatic N) is 4. The molecule has 0 aliphatic carbocycles. The number of nitrogen functional groups attached to an aromatic ring is 1. The highest BCUT2D eigenvalue weighted by molar-refractivity contribution is 7.92. The first-order valence-electron chi connectivity index (χ1n) is 9.13. The molecule has 33 heavy (non-hydrogen) atoms. The summed E-state index contributed by atoms with van der Waals surface area (Å²) < 4.78 is 33.7. The van der Waals surface area contributed by atoms with Crippen LogP contribution in [-0.4, -0.2) is 40.6 Å². The Balaban J connectivity index is 2.09. The molecule has 14 nitrogen and oxygen atoms in total. The van der Waals surface area contributed by atoms with Crippen molar-refractivity contribution in [1.29, 1.82) is 0 Å². The van der Waals surface area contributed by atoms with Gasteiger partial charge in [0.25, 0.3) is 21.4 Å². The SMILES string of the molecule is CCOC(=O)c1c(NS(=O)(=O)c2cccc([N+](=O)[O-])c2)nn(-c2ccc([N+](=O)[O-])cc2)c1N. The van der Waals surface area contributed by atoms with Gasteiger partial charge in [-0.2, -0.15) is 0 Å². The Hall–Kier alpha value is -4.53. The molecule has 0 saturated carbocycles. The average molecular weight is 476 g/mol. The van der Waals surface area contributed by atoms with E-state index in [2.05, 4.69) is 9.82 Å². The van der Waals surface area contributed by atoms with Gasteiger partial charge < -0.3 is 10.5 Å². The molecule has 0 fully saturated rings. The van der Waals surface area contributed by atoms with E-state index in [9.17, 15) is 33.4 Å². The predicted molar refractivity (Wildman–Crippen MR) is 114 cm³/mol. The molecule has 0 bridgehead atoms. The monoisotopic (exact) mass is 476 g/mol. The number of nitrogens with one attached hydrogen (secondary N) is 1. The van der Waals surface area contributed by atoms with Gasteiger partial charge in [-0.25, -0.2) is 17.9 Å². The minimum atomic E-state index is -4.43. The van der Waals surface area contributed by atoms with Crippen LogP contribution in [0.25, 0.3) is 5.69 Å². The highest BCUT2D eigenvalue weighted by atomic mass is 32.2. The lowest BCUT2D eigenvalue weighted by atomic mass is 10.2. The minimum Gasteiger partial charge on any atom is -0.462 e. The lowest BCUT2D eigenvalue weighted by Crippen LogP contribution is -2.17. The summed E-state index contributed by atoms with van der Waals surface area (Å²) in [6, 6.07) is 9.21. The highest BCUT2D eigenvalue weighted by Gasteiger charge is 2.28. The maximum absolute atomic E-state index is 12.8. The zero-order valence-corrected chi connectivity index (χ0v) is 17.7. The van der Waals surface area contributed by atoms with Gasteiger partial charge in [-0.1, -0.05) is 6.07 Å². The minimum absolute atomic E-state index is 0.0436. The van der Waals surface area contributed by atoms with E-state index in [1.807, 2.05) is 0 Å². The second kappa shape index (κ2) is 8.91. The Morgan fingerprint density at radius 3 is 2.33 bits per heavy atom. The number of non-ortho nitro benzene ring substituents is 2. The van der Waals surface area contributed by atoms with Gasteiger partial charge >= 0.3 is 5.97 Å². The molecule has 172 valence electrons. The van der Waals surface area contributed by atoms with Crippen LogP contribution in [0.1, 0.15) is 17.3 Å². The molecule has 15 heteroatoms. The molecular formula is C18H16N6O8S. The topological polar surface area (TPSA) is 203 Å². The van der Waals surface area contributed by atoms with Crippen molar-refractivity contribution >= 4 is 39.0 Å². The van der Waals surface area contributed by atoms with Crippen LogP contribution in [0.3, 0.4) is 0 Å². The normalized spacial score (nSPS) is 11.1. The number of nitrogens with two attached hydrogens (primary N) is 1. The number of benzene rings is 2. The highest BCUT2D eigenvalue weighted by Crippen LogP contribution is 2.29. The number of ether oxygens (including phenoxy) is 1. The molecule has 0 spiro atoms. The van der Waals surface area contributed by atoms with Crippen LogP contribution < -0.4 is 10.5 Å². The Labute approximate surface area is 185 Å². The summed E-state index contributed by atoms with van der Waals surface area (Å²) in [6.45, 7) is 1.49. The number of carbonyl (C=O) groups excluding carboxylic acids is 1. The van der Waals surface area contributed by atoms with Gasteiger partial charge in [0.1, 0.15) is 11.4 Å². The maximum Gasteiger partial charge on any atom is 0.345 e. The summed E-state index contributed by atoms with van der Waals surface area (Å²) >= 11 is 0. The van der Waals surface area contributed by atoms with E-state index in [0.717, 1.165) is 22.9 Å². The maximum atomic E-state index is 12.8. The van der Waals surface area contributed by atoms with Gasteiger partial charge in [-0.05, 0) is 25.1 Å². The Kier molecular flexibility index (Phi) is 6.25. The molecule has 0 aliphatic rings.